The minimum atomic E-state index is 0.316. The lowest BCUT2D eigenvalue weighted by molar-refractivity contribution is 0.0192. The Bertz CT molecular complexity index is 236. The highest BCUT2D eigenvalue weighted by Crippen LogP contribution is 2.24. The van der Waals surface area contributed by atoms with Crippen molar-refractivity contribution in [2.75, 3.05) is 6.61 Å². The van der Waals surface area contributed by atoms with Crippen LogP contribution in [0.15, 0.2) is 23.8 Å². The summed E-state index contributed by atoms with van der Waals surface area (Å²) in [5, 5.41) is 0. The van der Waals surface area contributed by atoms with Gasteiger partial charge in [-0.05, 0) is 33.1 Å². The number of rotatable bonds is 5. The molecule has 1 nitrogen and oxygen atoms in total. The van der Waals surface area contributed by atoms with Crippen molar-refractivity contribution in [1.82, 2.24) is 0 Å². The van der Waals surface area contributed by atoms with E-state index in [9.17, 15) is 0 Å². The van der Waals surface area contributed by atoms with E-state index in [1.807, 2.05) is 0 Å². The average Bonchev–Trinajstić information content (AvgIpc) is 2.26. The van der Waals surface area contributed by atoms with Crippen LogP contribution in [0.3, 0.4) is 0 Å². The van der Waals surface area contributed by atoms with Crippen LogP contribution in [0.5, 0.6) is 0 Å². The lowest BCUT2D eigenvalue weighted by Gasteiger charge is -2.28. The maximum Gasteiger partial charge on any atom is 0.0820 e. The second kappa shape index (κ2) is 7.67. The Kier molecular flexibility index (Phi) is 6.47. The molecule has 1 rings (SSSR count). The molecular formula is C15H26O. The van der Waals surface area contributed by atoms with E-state index in [4.69, 9.17) is 4.74 Å². The third-order valence-electron chi connectivity index (χ3n) is 3.02. The molecule has 1 aliphatic heterocycles. The number of hydrogen-bond donors (Lipinski definition) is 0. The van der Waals surface area contributed by atoms with Crippen LogP contribution in [0.4, 0.5) is 0 Å². The molecule has 1 heteroatoms. The fourth-order valence-electron chi connectivity index (χ4n) is 2.13. The summed E-state index contributed by atoms with van der Waals surface area (Å²) in [4.78, 5) is 0. The number of unbranched alkanes of at least 4 members (excludes halogenated alkanes) is 2. The van der Waals surface area contributed by atoms with Gasteiger partial charge in [-0.3, -0.25) is 0 Å². The van der Waals surface area contributed by atoms with Gasteiger partial charge in [-0.2, -0.15) is 0 Å². The summed E-state index contributed by atoms with van der Waals surface area (Å²) in [6, 6.07) is 0. The molecule has 0 aromatic heterocycles. The van der Waals surface area contributed by atoms with E-state index >= 15 is 0 Å². The van der Waals surface area contributed by atoms with Crippen LogP contribution in [0, 0.1) is 5.92 Å². The van der Waals surface area contributed by atoms with Gasteiger partial charge in [0.1, 0.15) is 0 Å². The highest BCUT2D eigenvalue weighted by molar-refractivity contribution is 5.06. The number of ether oxygens (including phenoxy) is 1. The van der Waals surface area contributed by atoms with Crippen LogP contribution in [-0.2, 0) is 4.74 Å². The van der Waals surface area contributed by atoms with Crippen molar-refractivity contribution in [2.24, 2.45) is 5.92 Å². The van der Waals surface area contributed by atoms with Crippen molar-refractivity contribution >= 4 is 0 Å². The SMILES string of the molecule is CCCC/C=C/[C@@H]1CCCO[C@H]1C=C(C)C. The van der Waals surface area contributed by atoms with Gasteiger partial charge in [0, 0.05) is 12.5 Å². The Balaban J connectivity index is 2.46. The fraction of sp³-hybridized carbons (Fsp3) is 0.733. The molecule has 1 fully saturated rings. The highest BCUT2D eigenvalue weighted by Gasteiger charge is 2.21. The van der Waals surface area contributed by atoms with Crippen molar-refractivity contribution < 1.29 is 4.74 Å². The van der Waals surface area contributed by atoms with Gasteiger partial charge < -0.3 is 4.74 Å². The highest BCUT2D eigenvalue weighted by atomic mass is 16.5. The van der Waals surface area contributed by atoms with Crippen LogP contribution >= 0.6 is 0 Å². The first kappa shape index (κ1) is 13.5. The Labute approximate surface area is 101 Å². The zero-order chi connectivity index (χ0) is 11.8. The van der Waals surface area contributed by atoms with Gasteiger partial charge in [-0.1, -0.05) is 43.6 Å². The van der Waals surface area contributed by atoms with Gasteiger partial charge in [0.05, 0.1) is 6.10 Å². The molecule has 0 aromatic rings. The lowest BCUT2D eigenvalue weighted by Crippen LogP contribution is -2.26. The van der Waals surface area contributed by atoms with E-state index in [0.717, 1.165) is 6.61 Å². The van der Waals surface area contributed by atoms with Crippen LogP contribution < -0.4 is 0 Å². The Morgan fingerprint density at radius 2 is 2.19 bits per heavy atom. The molecule has 0 N–H and O–H groups in total. The summed E-state index contributed by atoms with van der Waals surface area (Å²) in [6.45, 7) is 7.46. The van der Waals surface area contributed by atoms with E-state index < -0.39 is 0 Å². The molecule has 0 radical (unpaired) electrons. The zero-order valence-corrected chi connectivity index (χ0v) is 11.0. The normalized spacial score (nSPS) is 25.9. The quantitative estimate of drug-likeness (QED) is 0.492. The number of hydrogen-bond acceptors (Lipinski definition) is 1. The Morgan fingerprint density at radius 1 is 1.38 bits per heavy atom. The molecule has 0 aliphatic carbocycles. The van der Waals surface area contributed by atoms with E-state index in [0.29, 0.717) is 12.0 Å². The first-order valence-corrected chi connectivity index (χ1v) is 6.67. The van der Waals surface area contributed by atoms with E-state index in [2.05, 4.69) is 39.0 Å². The van der Waals surface area contributed by atoms with Gasteiger partial charge in [-0.25, -0.2) is 0 Å². The zero-order valence-electron chi connectivity index (χ0n) is 11.0. The molecule has 0 unspecified atom stereocenters. The van der Waals surface area contributed by atoms with Gasteiger partial charge in [0.15, 0.2) is 0 Å². The van der Waals surface area contributed by atoms with Gasteiger partial charge >= 0.3 is 0 Å². The minimum absolute atomic E-state index is 0.316. The maximum absolute atomic E-state index is 5.83. The topological polar surface area (TPSA) is 9.23 Å². The summed E-state index contributed by atoms with van der Waals surface area (Å²) >= 11 is 0. The van der Waals surface area contributed by atoms with E-state index in [1.165, 1.54) is 37.7 Å². The molecule has 1 saturated heterocycles. The molecule has 16 heavy (non-hydrogen) atoms. The molecule has 0 aromatic carbocycles. The Morgan fingerprint density at radius 3 is 2.88 bits per heavy atom. The van der Waals surface area contributed by atoms with Crippen LogP contribution in [0.2, 0.25) is 0 Å². The third-order valence-corrected chi connectivity index (χ3v) is 3.02. The fourth-order valence-corrected chi connectivity index (χ4v) is 2.13. The second-order valence-corrected chi connectivity index (χ2v) is 4.96. The standard InChI is InChI=1S/C15H26O/c1-4-5-6-7-9-14-10-8-11-16-15(14)12-13(2)3/h7,9,12,14-15H,4-6,8,10-11H2,1-3H3/b9-7+/t14-,15+/m1/s1. The van der Waals surface area contributed by atoms with Crippen molar-refractivity contribution in [1.29, 1.82) is 0 Å². The second-order valence-electron chi connectivity index (χ2n) is 4.96. The van der Waals surface area contributed by atoms with Gasteiger partial charge in [-0.15, -0.1) is 0 Å². The van der Waals surface area contributed by atoms with Gasteiger partial charge in [0.2, 0.25) is 0 Å². The molecule has 0 saturated carbocycles. The average molecular weight is 222 g/mol. The largest absolute Gasteiger partial charge is 0.374 e. The molecule has 92 valence electrons. The summed E-state index contributed by atoms with van der Waals surface area (Å²) in [5.41, 5.74) is 1.36. The smallest absolute Gasteiger partial charge is 0.0820 e. The summed E-state index contributed by atoms with van der Waals surface area (Å²) in [6.07, 6.45) is 13.6. The predicted molar refractivity (Wildman–Crippen MR) is 70.6 cm³/mol. The van der Waals surface area contributed by atoms with E-state index in [1.54, 1.807) is 0 Å². The molecule has 1 aliphatic rings. The molecule has 2 atom stereocenters. The van der Waals surface area contributed by atoms with Crippen LogP contribution in [-0.4, -0.2) is 12.7 Å². The third kappa shape index (κ3) is 4.98. The Hall–Kier alpha value is -0.560. The monoisotopic (exact) mass is 222 g/mol. The summed E-state index contributed by atoms with van der Waals surface area (Å²) < 4.78 is 5.83. The van der Waals surface area contributed by atoms with Crippen molar-refractivity contribution in [3.8, 4) is 0 Å². The molecule has 0 bridgehead atoms. The maximum atomic E-state index is 5.83. The summed E-state index contributed by atoms with van der Waals surface area (Å²) in [5.74, 6) is 0.598. The first-order chi connectivity index (χ1) is 7.74. The van der Waals surface area contributed by atoms with Crippen molar-refractivity contribution in [2.45, 2.75) is 59.0 Å². The van der Waals surface area contributed by atoms with Crippen LogP contribution in [0.1, 0.15) is 52.9 Å². The molecule has 0 amide bonds. The molecular weight excluding hydrogens is 196 g/mol. The molecule has 0 spiro atoms. The molecule has 1 heterocycles. The first-order valence-electron chi connectivity index (χ1n) is 6.67. The van der Waals surface area contributed by atoms with Crippen LogP contribution in [0.25, 0.3) is 0 Å². The van der Waals surface area contributed by atoms with Crippen molar-refractivity contribution in [3.63, 3.8) is 0 Å². The lowest BCUT2D eigenvalue weighted by atomic mass is 9.92. The van der Waals surface area contributed by atoms with Gasteiger partial charge in [0.25, 0.3) is 0 Å². The summed E-state index contributed by atoms with van der Waals surface area (Å²) in [7, 11) is 0. The predicted octanol–water partition coefficient (Wildman–Crippen LogP) is 4.49. The van der Waals surface area contributed by atoms with Crippen molar-refractivity contribution in [3.05, 3.63) is 23.8 Å². The minimum Gasteiger partial charge on any atom is -0.374 e. The number of allylic oxidation sites excluding steroid dienone is 2. The van der Waals surface area contributed by atoms with E-state index in [-0.39, 0.29) is 0 Å².